The van der Waals surface area contributed by atoms with Gasteiger partial charge in [0.25, 0.3) is 0 Å². The van der Waals surface area contributed by atoms with Crippen molar-refractivity contribution in [1.29, 1.82) is 5.41 Å². The smallest absolute Gasteiger partial charge is 0.122 e. The van der Waals surface area contributed by atoms with Gasteiger partial charge in [0, 0.05) is 5.56 Å². The van der Waals surface area contributed by atoms with E-state index in [0.717, 1.165) is 11.3 Å². The van der Waals surface area contributed by atoms with Crippen LogP contribution in [-0.2, 0) is 6.61 Å². The number of nitrogens with one attached hydrogen (secondary N) is 1. The number of benzene rings is 3. The molecule has 0 saturated heterocycles. The number of nitrogens with two attached hydrogens (primary N) is 1. The van der Waals surface area contributed by atoms with Gasteiger partial charge in [0.2, 0.25) is 0 Å². The van der Waals surface area contributed by atoms with Crippen molar-refractivity contribution in [2.75, 3.05) is 0 Å². The van der Waals surface area contributed by atoms with Crippen LogP contribution in [0, 0.1) is 5.41 Å². The highest BCUT2D eigenvalue weighted by Gasteiger charge is 2.03. The van der Waals surface area contributed by atoms with E-state index < -0.39 is 0 Å². The van der Waals surface area contributed by atoms with Gasteiger partial charge in [-0.3, -0.25) is 5.41 Å². The first-order valence-electron chi connectivity index (χ1n) is 6.78. The molecule has 0 atom stereocenters. The van der Waals surface area contributed by atoms with Gasteiger partial charge >= 0.3 is 0 Å². The van der Waals surface area contributed by atoms with E-state index in [1.165, 1.54) is 10.8 Å². The van der Waals surface area contributed by atoms with E-state index in [1.54, 1.807) is 12.1 Å². The molecule has 3 nitrogen and oxygen atoms in total. The minimum Gasteiger partial charge on any atom is -0.489 e. The predicted molar refractivity (Wildman–Crippen MR) is 85.7 cm³/mol. The standard InChI is InChI=1S/C18H16N2O/c19-18(20)14-7-4-9-16(11-14)21-12-15-8-3-6-13-5-1-2-10-17(13)15/h1-11H,12H2,(H3,19,20). The molecule has 104 valence electrons. The maximum absolute atomic E-state index is 7.46. The SMILES string of the molecule is N=C(N)c1cccc(OCc2cccc3ccccc23)c1. The molecule has 0 unspecified atom stereocenters. The topological polar surface area (TPSA) is 59.1 Å². The predicted octanol–water partition coefficient (Wildman–Crippen LogP) is 3.70. The zero-order chi connectivity index (χ0) is 14.7. The molecule has 0 amide bonds. The third kappa shape index (κ3) is 2.87. The van der Waals surface area contributed by atoms with E-state index in [4.69, 9.17) is 15.9 Å². The third-order valence-corrected chi connectivity index (χ3v) is 3.42. The minimum absolute atomic E-state index is 0.0469. The Labute approximate surface area is 123 Å². The fraction of sp³-hybridized carbons (Fsp3) is 0.0556. The number of hydrogen-bond acceptors (Lipinski definition) is 2. The van der Waals surface area contributed by atoms with Crippen LogP contribution in [0.15, 0.2) is 66.7 Å². The second-order valence-electron chi connectivity index (χ2n) is 4.87. The van der Waals surface area contributed by atoms with Crippen LogP contribution in [0.3, 0.4) is 0 Å². The largest absolute Gasteiger partial charge is 0.489 e. The first-order valence-corrected chi connectivity index (χ1v) is 6.78. The van der Waals surface area contributed by atoms with Gasteiger partial charge in [-0.05, 0) is 28.5 Å². The van der Waals surface area contributed by atoms with Gasteiger partial charge in [-0.15, -0.1) is 0 Å². The lowest BCUT2D eigenvalue weighted by Gasteiger charge is -2.10. The lowest BCUT2D eigenvalue weighted by molar-refractivity contribution is 0.307. The molecule has 3 aromatic carbocycles. The lowest BCUT2D eigenvalue weighted by Crippen LogP contribution is -2.10. The second-order valence-corrected chi connectivity index (χ2v) is 4.87. The number of ether oxygens (including phenoxy) is 1. The highest BCUT2D eigenvalue weighted by molar-refractivity contribution is 5.95. The van der Waals surface area contributed by atoms with E-state index >= 15 is 0 Å². The Kier molecular flexibility index (Phi) is 3.56. The first kappa shape index (κ1) is 13.2. The van der Waals surface area contributed by atoms with E-state index in [-0.39, 0.29) is 5.84 Å². The fourth-order valence-corrected chi connectivity index (χ4v) is 2.33. The number of rotatable bonds is 4. The monoisotopic (exact) mass is 276 g/mol. The molecule has 0 radical (unpaired) electrons. The molecule has 3 heteroatoms. The molecule has 0 saturated carbocycles. The van der Waals surface area contributed by atoms with Crippen molar-refractivity contribution in [3.05, 3.63) is 77.9 Å². The van der Waals surface area contributed by atoms with Crippen molar-refractivity contribution in [2.45, 2.75) is 6.61 Å². The van der Waals surface area contributed by atoms with Crippen LogP contribution in [0.1, 0.15) is 11.1 Å². The summed E-state index contributed by atoms with van der Waals surface area (Å²) in [6.45, 7) is 0.489. The van der Waals surface area contributed by atoms with Crippen molar-refractivity contribution in [3.63, 3.8) is 0 Å². The molecule has 3 aromatic rings. The van der Waals surface area contributed by atoms with Crippen molar-refractivity contribution in [3.8, 4) is 5.75 Å². The summed E-state index contributed by atoms with van der Waals surface area (Å²) in [6.07, 6.45) is 0. The molecule has 0 aliphatic rings. The summed E-state index contributed by atoms with van der Waals surface area (Å²) in [4.78, 5) is 0. The lowest BCUT2D eigenvalue weighted by atomic mass is 10.1. The quantitative estimate of drug-likeness (QED) is 0.564. The molecule has 0 heterocycles. The Morgan fingerprint density at radius 2 is 1.71 bits per heavy atom. The van der Waals surface area contributed by atoms with Crippen LogP contribution in [-0.4, -0.2) is 5.84 Å². The number of hydrogen-bond donors (Lipinski definition) is 2. The van der Waals surface area contributed by atoms with Crippen LogP contribution in [0.2, 0.25) is 0 Å². The van der Waals surface area contributed by atoms with Gasteiger partial charge in [0.15, 0.2) is 0 Å². The highest BCUT2D eigenvalue weighted by Crippen LogP contribution is 2.21. The van der Waals surface area contributed by atoms with Crippen LogP contribution >= 0.6 is 0 Å². The van der Waals surface area contributed by atoms with Crippen LogP contribution < -0.4 is 10.5 Å². The van der Waals surface area contributed by atoms with Gasteiger partial charge in [-0.25, -0.2) is 0 Å². The molecule has 3 rings (SSSR count). The van der Waals surface area contributed by atoms with E-state index in [0.29, 0.717) is 12.2 Å². The number of amidine groups is 1. The Hall–Kier alpha value is -2.81. The molecule has 0 aliphatic heterocycles. The number of nitrogen functional groups attached to an aromatic ring is 1. The van der Waals surface area contributed by atoms with Crippen LogP contribution in [0.4, 0.5) is 0 Å². The fourth-order valence-electron chi connectivity index (χ4n) is 2.33. The zero-order valence-corrected chi connectivity index (χ0v) is 11.5. The van der Waals surface area contributed by atoms with E-state index in [9.17, 15) is 0 Å². The highest BCUT2D eigenvalue weighted by atomic mass is 16.5. The van der Waals surface area contributed by atoms with E-state index in [2.05, 4.69) is 24.3 Å². The van der Waals surface area contributed by atoms with Crippen LogP contribution in [0.5, 0.6) is 5.75 Å². The average molecular weight is 276 g/mol. The summed E-state index contributed by atoms with van der Waals surface area (Å²) >= 11 is 0. The van der Waals surface area contributed by atoms with Gasteiger partial charge < -0.3 is 10.5 Å². The molecule has 0 fully saturated rings. The maximum Gasteiger partial charge on any atom is 0.122 e. The minimum atomic E-state index is 0.0469. The first-order chi connectivity index (χ1) is 10.2. The summed E-state index contributed by atoms with van der Waals surface area (Å²) < 4.78 is 5.84. The Balaban J connectivity index is 1.84. The Bertz CT molecular complexity index is 791. The average Bonchev–Trinajstić information content (AvgIpc) is 2.53. The van der Waals surface area contributed by atoms with Crippen molar-refractivity contribution in [1.82, 2.24) is 0 Å². The zero-order valence-electron chi connectivity index (χ0n) is 11.5. The molecule has 0 spiro atoms. The third-order valence-electron chi connectivity index (χ3n) is 3.42. The molecule has 21 heavy (non-hydrogen) atoms. The molecule has 3 N–H and O–H groups in total. The summed E-state index contributed by atoms with van der Waals surface area (Å²) in [5.41, 5.74) is 7.30. The van der Waals surface area contributed by atoms with Crippen molar-refractivity contribution in [2.24, 2.45) is 5.73 Å². The van der Waals surface area contributed by atoms with E-state index in [1.807, 2.05) is 30.3 Å². The van der Waals surface area contributed by atoms with Gasteiger partial charge in [0.05, 0.1) is 0 Å². The summed E-state index contributed by atoms with van der Waals surface area (Å²) in [6, 6.07) is 21.7. The Morgan fingerprint density at radius 1 is 0.952 bits per heavy atom. The molecule has 0 bridgehead atoms. The number of fused-ring (bicyclic) bond motifs is 1. The normalized spacial score (nSPS) is 10.5. The Morgan fingerprint density at radius 3 is 2.57 bits per heavy atom. The second kappa shape index (κ2) is 5.67. The summed E-state index contributed by atoms with van der Waals surface area (Å²) in [5, 5.41) is 9.86. The van der Waals surface area contributed by atoms with Crippen molar-refractivity contribution < 1.29 is 4.74 Å². The van der Waals surface area contributed by atoms with Gasteiger partial charge in [-0.2, -0.15) is 0 Å². The molecule has 0 aromatic heterocycles. The molecule has 0 aliphatic carbocycles. The molecular formula is C18H16N2O. The van der Waals surface area contributed by atoms with Crippen LogP contribution in [0.25, 0.3) is 10.8 Å². The van der Waals surface area contributed by atoms with Gasteiger partial charge in [-0.1, -0.05) is 54.6 Å². The molecular weight excluding hydrogens is 260 g/mol. The van der Waals surface area contributed by atoms with Crippen molar-refractivity contribution >= 4 is 16.6 Å². The summed E-state index contributed by atoms with van der Waals surface area (Å²) in [7, 11) is 0. The maximum atomic E-state index is 7.46. The van der Waals surface area contributed by atoms with Gasteiger partial charge in [0.1, 0.15) is 18.2 Å². The summed E-state index contributed by atoms with van der Waals surface area (Å²) in [5.74, 6) is 0.765.